The van der Waals surface area contributed by atoms with Gasteiger partial charge in [0.25, 0.3) is 0 Å². The molecule has 1 aromatic carbocycles. The van der Waals surface area contributed by atoms with Crippen LogP contribution in [0.4, 0.5) is 5.69 Å². The molecule has 0 saturated carbocycles. The second kappa shape index (κ2) is 5.83. The minimum Gasteiger partial charge on any atom is -0.369 e. The highest BCUT2D eigenvalue weighted by Crippen LogP contribution is 2.31. The topological polar surface area (TPSA) is 76.3 Å². The molecule has 0 spiro atoms. The van der Waals surface area contributed by atoms with Crippen LogP contribution in [0.25, 0.3) is 11.1 Å². The lowest BCUT2D eigenvalue weighted by Crippen LogP contribution is -2.30. The quantitative estimate of drug-likeness (QED) is 0.944. The van der Waals surface area contributed by atoms with Crippen LogP contribution >= 0.6 is 0 Å². The van der Waals surface area contributed by atoms with Crippen molar-refractivity contribution in [3.63, 3.8) is 0 Å². The number of rotatable bonds is 3. The van der Waals surface area contributed by atoms with Crippen LogP contribution < -0.4 is 10.6 Å². The van der Waals surface area contributed by atoms with Gasteiger partial charge in [-0.2, -0.15) is 0 Å². The molecule has 1 atom stereocenters. The summed E-state index contributed by atoms with van der Waals surface area (Å²) in [5.74, 6) is -0.595. The minimum absolute atomic E-state index is 0.143. The molecule has 23 heavy (non-hydrogen) atoms. The molecule has 2 amide bonds. The fourth-order valence-corrected chi connectivity index (χ4v) is 2.85. The molecule has 5 nitrogen and oxygen atoms in total. The Bertz CT molecular complexity index is 786. The maximum atomic E-state index is 11.8. The van der Waals surface area contributed by atoms with Gasteiger partial charge in [-0.15, -0.1) is 0 Å². The summed E-state index contributed by atoms with van der Waals surface area (Å²) in [5.41, 5.74) is 10.3. The summed E-state index contributed by atoms with van der Waals surface area (Å²) >= 11 is 0. The van der Waals surface area contributed by atoms with Crippen molar-refractivity contribution in [1.29, 1.82) is 0 Å². The Morgan fingerprint density at radius 1 is 1.22 bits per heavy atom. The number of amides is 2. The molecule has 2 aromatic rings. The number of pyridine rings is 1. The van der Waals surface area contributed by atoms with Crippen LogP contribution in [-0.2, 0) is 16.0 Å². The third-order valence-electron chi connectivity index (χ3n) is 4.44. The molecular formula is C18H19N3O2. The molecule has 3 rings (SSSR count). The van der Waals surface area contributed by atoms with Crippen LogP contribution in [0.1, 0.15) is 30.4 Å². The smallest absolute Gasteiger partial charge is 0.227 e. The van der Waals surface area contributed by atoms with Crippen molar-refractivity contribution in [3.8, 4) is 11.1 Å². The molecule has 0 radical (unpaired) electrons. The number of nitrogens with two attached hydrogens (primary N) is 1. The average Bonchev–Trinajstić information content (AvgIpc) is 2.57. The lowest BCUT2D eigenvalue weighted by molar-refractivity contribution is -0.119. The highest BCUT2D eigenvalue weighted by Gasteiger charge is 2.21. The molecule has 1 unspecified atom stereocenters. The van der Waals surface area contributed by atoms with Gasteiger partial charge in [0, 0.05) is 37.1 Å². The van der Waals surface area contributed by atoms with Gasteiger partial charge in [-0.1, -0.05) is 6.07 Å². The first-order chi connectivity index (χ1) is 11.0. The summed E-state index contributed by atoms with van der Waals surface area (Å²) in [6.45, 7) is 1.77. The fourth-order valence-electron chi connectivity index (χ4n) is 2.85. The number of aryl methyl sites for hydroxylation is 1. The monoisotopic (exact) mass is 309 g/mol. The van der Waals surface area contributed by atoms with E-state index in [2.05, 4.69) is 11.1 Å². The van der Waals surface area contributed by atoms with Crippen molar-refractivity contribution in [2.45, 2.75) is 25.7 Å². The van der Waals surface area contributed by atoms with Gasteiger partial charge >= 0.3 is 0 Å². The van der Waals surface area contributed by atoms with Crippen LogP contribution in [0.5, 0.6) is 0 Å². The molecule has 1 aliphatic rings. The highest BCUT2D eigenvalue weighted by atomic mass is 16.2. The molecule has 2 N–H and O–H groups in total. The summed E-state index contributed by atoms with van der Waals surface area (Å²) in [4.78, 5) is 29.1. The molecule has 2 heterocycles. The van der Waals surface area contributed by atoms with E-state index in [1.165, 1.54) is 0 Å². The van der Waals surface area contributed by atoms with E-state index in [9.17, 15) is 9.59 Å². The number of carbonyl (C=O) groups excluding carboxylic acids is 2. The Morgan fingerprint density at radius 3 is 2.74 bits per heavy atom. The van der Waals surface area contributed by atoms with Crippen molar-refractivity contribution in [2.24, 2.45) is 5.73 Å². The van der Waals surface area contributed by atoms with E-state index in [0.29, 0.717) is 6.42 Å². The van der Waals surface area contributed by atoms with Gasteiger partial charge < -0.3 is 10.6 Å². The molecule has 0 saturated heterocycles. The zero-order valence-electron chi connectivity index (χ0n) is 13.2. The first kappa shape index (κ1) is 15.2. The van der Waals surface area contributed by atoms with E-state index < -0.39 is 0 Å². The summed E-state index contributed by atoms with van der Waals surface area (Å²) in [6.07, 6.45) is 4.72. The third-order valence-corrected chi connectivity index (χ3v) is 4.44. The van der Waals surface area contributed by atoms with Crippen LogP contribution in [-0.4, -0.2) is 23.8 Å². The zero-order chi connectivity index (χ0) is 16.6. The highest BCUT2D eigenvalue weighted by molar-refractivity contribution is 5.96. The molecular weight excluding hydrogens is 290 g/mol. The Labute approximate surface area is 135 Å². The van der Waals surface area contributed by atoms with E-state index in [0.717, 1.165) is 34.4 Å². The SMILES string of the molecule is CC(C(N)=O)c1cncc(-c2ccc3c(c2)CCC(=O)N3C)c1. The largest absolute Gasteiger partial charge is 0.369 e. The van der Waals surface area contributed by atoms with Gasteiger partial charge in [-0.25, -0.2) is 0 Å². The van der Waals surface area contributed by atoms with Gasteiger partial charge in [0.1, 0.15) is 0 Å². The normalized spacial score (nSPS) is 15.2. The van der Waals surface area contributed by atoms with Gasteiger partial charge in [-0.3, -0.25) is 14.6 Å². The number of anilines is 1. The second-order valence-electron chi connectivity index (χ2n) is 5.93. The lowest BCUT2D eigenvalue weighted by atomic mass is 9.94. The molecule has 0 bridgehead atoms. The Morgan fingerprint density at radius 2 is 2.00 bits per heavy atom. The molecule has 0 fully saturated rings. The van der Waals surface area contributed by atoms with E-state index in [1.807, 2.05) is 18.2 Å². The molecule has 5 heteroatoms. The maximum absolute atomic E-state index is 11.8. The summed E-state index contributed by atoms with van der Waals surface area (Å²) < 4.78 is 0. The number of nitrogens with zero attached hydrogens (tertiary/aromatic N) is 2. The van der Waals surface area contributed by atoms with E-state index in [4.69, 9.17) is 5.73 Å². The number of carbonyl (C=O) groups is 2. The number of aromatic nitrogens is 1. The van der Waals surface area contributed by atoms with E-state index in [-0.39, 0.29) is 17.7 Å². The number of benzene rings is 1. The zero-order valence-corrected chi connectivity index (χ0v) is 13.2. The van der Waals surface area contributed by atoms with Crippen molar-refractivity contribution in [2.75, 3.05) is 11.9 Å². The Hall–Kier alpha value is -2.69. The molecule has 118 valence electrons. The Kier molecular flexibility index (Phi) is 3.86. The number of primary amides is 1. The van der Waals surface area contributed by atoms with Crippen LogP contribution in [0.3, 0.4) is 0 Å². The number of fused-ring (bicyclic) bond motifs is 1. The number of hydrogen-bond donors (Lipinski definition) is 1. The lowest BCUT2D eigenvalue weighted by Gasteiger charge is -2.26. The van der Waals surface area contributed by atoms with Crippen molar-refractivity contribution in [1.82, 2.24) is 4.98 Å². The Balaban J connectivity index is 1.99. The molecule has 0 aliphatic carbocycles. The van der Waals surface area contributed by atoms with Crippen molar-refractivity contribution in [3.05, 3.63) is 47.8 Å². The predicted octanol–water partition coefficient (Wildman–Crippen LogP) is 2.25. The van der Waals surface area contributed by atoms with Crippen LogP contribution in [0.2, 0.25) is 0 Å². The first-order valence-corrected chi connectivity index (χ1v) is 7.61. The summed E-state index contributed by atoms with van der Waals surface area (Å²) in [5, 5.41) is 0. The summed E-state index contributed by atoms with van der Waals surface area (Å²) in [6, 6.07) is 7.98. The second-order valence-corrected chi connectivity index (χ2v) is 5.93. The van der Waals surface area contributed by atoms with E-state index in [1.54, 1.807) is 31.3 Å². The molecule has 1 aliphatic heterocycles. The van der Waals surface area contributed by atoms with Gasteiger partial charge in [0.15, 0.2) is 0 Å². The minimum atomic E-state index is -0.371. The standard InChI is InChI=1S/C18H19N3O2/c1-11(18(19)23)14-8-15(10-20-9-14)12-3-5-16-13(7-12)4-6-17(22)21(16)2/h3,5,7-11H,4,6H2,1-2H3,(H2,19,23). The van der Waals surface area contributed by atoms with Gasteiger partial charge in [0.05, 0.1) is 5.92 Å². The van der Waals surface area contributed by atoms with Gasteiger partial charge in [0.2, 0.25) is 11.8 Å². The van der Waals surface area contributed by atoms with Crippen LogP contribution in [0.15, 0.2) is 36.7 Å². The fraction of sp³-hybridized carbons (Fsp3) is 0.278. The average molecular weight is 309 g/mol. The number of hydrogen-bond acceptors (Lipinski definition) is 3. The third kappa shape index (κ3) is 2.82. The van der Waals surface area contributed by atoms with Crippen LogP contribution in [0, 0.1) is 0 Å². The first-order valence-electron chi connectivity index (χ1n) is 7.61. The van der Waals surface area contributed by atoms with Crippen molar-refractivity contribution >= 4 is 17.5 Å². The van der Waals surface area contributed by atoms with Gasteiger partial charge in [-0.05, 0) is 48.2 Å². The maximum Gasteiger partial charge on any atom is 0.227 e. The molecule has 1 aromatic heterocycles. The predicted molar refractivity (Wildman–Crippen MR) is 89.0 cm³/mol. The van der Waals surface area contributed by atoms with Crippen molar-refractivity contribution < 1.29 is 9.59 Å². The summed E-state index contributed by atoms with van der Waals surface area (Å²) in [7, 11) is 1.80. The van der Waals surface area contributed by atoms with E-state index >= 15 is 0 Å².